The van der Waals surface area contributed by atoms with Crippen LogP contribution in [-0.2, 0) is 24.4 Å². The summed E-state index contributed by atoms with van der Waals surface area (Å²) in [5, 5.41) is 0. The third-order valence-electron chi connectivity index (χ3n) is 4.66. The molecule has 1 amide bonds. The highest BCUT2D eigenvalue weighted by Gasteiger charge is 2.12. The number of hydrogen-bond donors (Lipinski definition) is 0. The Balaban J connectivity index is 1.56. The first-order valence-corrected chi connectivity index (χ1v) is 9.62. The second-order valence-corrected chi connectivity index (χ2v) is 6.87. The van der Waals surface area contributed by atoms with Crippen molar-refractivity contribution in [1.82, 2.24) is 9.88 Å². The number of ether oxygens (including phenoxy) is 2. The van der Waals surface area contributed by atoms with E-state index >= 15 is 0 Å². The fourth-order valence-corrected chi connectivity index (χ4v) is 3.02. The van der Waals surface area contributed by atoms with Gasteiger partial charge < -0.3 is 14.4 Å². The van der Waals surface area contributed by atoms with Gasteiger partial charge in [-0.2, -0.15) is 0 Å². The molecule has 150 valence electrons. The standard InChI is InChI=1S/C24H26N2O3/c1-26(24(27)13-11-19-9-6-14-25-16-19)17-21-10-12-22(23(15-21)28-2)29-18-20-7-4-3-5-8-20/h3-10,12,14-16H,11,13,17-18H2,1-2H3. The van der Waals surface area contributed by atoms with Crippen molar-refractivity contribution in [2.75, 3.05) is 14.2 Å². The summed E-state index contributed by atoms with van der Waals surface area (Å²) in [5.74, 6) is 1.44. The van der Waals surface area contributed by atoms with Crippen LogP contribution in [0.2, 0.25) is 0 Å². The minimum Gasteiger partial charge on any atom is -0.493 e. The normalized spacial score (nSPS) is 10.4. The van der Waals surface area contributed by atoms with Gasteiger partial charge in [-0.05, 0) is 41.3 Å². The van der Waals surface area contributed by atoms with Crippen LogP contribution in [0, 0.1) is 0 Å². The number of carbonyl (C=O) groups is 1. The fraction of sp³-hybridized carbons (Fsp3) is 0.250. The first-order valence-electron chi connectivity index (χ1n) is 9.62. The van der Waals surface area contributed by atoms with E-state index in [1.165, 1.54) is 0 Å². The molecule has 0 saturated carbocycles. The van der Waals surface area contributed by atoms with Gasteiger partial charge in [0.25, 0.3) is 0 Å². The summed E-state index contributed by atoms with van der Waals surface area (Å²) in [6.45, 7) is 0.991. The highest BCUT2D eigenvalue weighted by atomic mass is 16.5. The van der Waals surface area contributed by atoms with Crippen molar-refractivity contribution >= 4 is 5.91 Å². The Morgan fingerprint density at radius 3 is 2.48 bits per heavy atom. The molecule has 0 spiro atoms. The lowest BCUT2D eigenvalue weighted by Gasteiger charge is -2.18. The summed E-state index contributed by atoms with van der Waals surface area (Å²) in [6.07, 6.45) is 4.68. The van der Waals surface area contributed by atoms with E-state index in [0.29, 0.717) is 37.5 Å². The number of hydrogen-bond acceptors (Lipinski definition) is 4. The third-order valence-corrected chi connectivity index (χ3v) is 4.66. The van der Waals surface area contributed by atoms with Crippen molar-refractivity contribution in [3.05, 3.63) is 89.7 Å². The molecule has 29 heavy (non-hydrogen) atoms. The second kappa shape index (κ2) is 10.3. The molecule has 0 atom stereocenters. The van der Waals surface area contributed by atoms with Crippen LogP contribution in [0.4, 0.5) is 0 Å². The van der Waals surface area contributed by atoms with Gasteiger partial charge in [-0.1, -0.05) is 42.5 Å². The first-order chi connectivity index (χ1) is 14.2. The van der Waals surface area contributed by atoms with Crippen molar-refractivity contribution in [3.63, 3.8) is 0 Å². The van der Waals surface area contributed by atoms with E-state index in [2.05, 4.69) is 4.98 Å². The van der Waals surface area contributed by atoms with Crippen LogP contribution in [0.1, 0.15) is 23.1 Å². The average Bonchev–Trinajstić information content (AvgIpc) is 2.77. The van der Waals surface area contributed by atoms with E-state index in [4.69, 9.17) is 9.47 Å². The largest absolute Gasteiger partial charge is 0.493 e. The van der Waals surface area contributed by atoms with Crippen molar-refractivity contribution in [2.45, 2.75) is 26.0 Å². The average molecular weight is 390 g/mol. The molecule has 2 aromatic carbocycles. The van der Waals surface area contributed by atoms with Gasteiger partial charge in [0.05, 0.1) is 7.11 Å². The summed E-state index contributed by atoms with van der Waals surface area (Å²) in [6, 6.07) is 19.6. The molecule has 5 nitrogen and oxygen atoms in total. The Morgan fingerprint density at radius 2 is 1.76 bits per heavy atom. The maximum absolute atomic E-state index is 12.5. The van der Waals surface area contributed by atoms with Crippen molar-refractivity contribution in [1.29, 1.82) is 0 Å². The maximum Gasteiger partial charge on any atom is 0.222 e. The van der Waals surface area contributed by atoms with Crippen LogP contribution in [0.25, 0.3) is 0 Å². The number of pyridine rings is 1. The van der Waals surface area contributed by atoms with Gasteiger partial charge >= 0.3 is 0 Å². The second-order valence-electron chi connectivity index (χ2n) is 6.87. The van der Waals surface area contributed by atoms with Crippen LogP contribution >= 0.6 is 0 Å². The van der Waals surface area contributed by atoms with Gasteiger partial charge in [0, 0.05) is 32.4 Å². The molecule has 0 fully saturated rings. The number of amides is 1. The summed E-state index contributed by atoms with van der Waals surface area (Å²) in [7, 11) is 3.44. The number of rotatable bonds is 9. The number of aromatic nitrogens is 1. The highest BCUT2D eigenvalue weighted by molar-refractivity contribution is 5.76. The Morgan fingerprint density at radius 1 is 0.966 bits per heavy atom. The van der Waals surface area contributed by atoms with Gasteiger partial charge in [-0.3, -0.25) is 9.78 Å². The summed E-state index contributed by atoms with van der Waals surface area (Å²) >= 11 is 0. The molecule has 0 saturated heterocycles. The summed E-state index contributed by atoms with van der Waals surface area (Å²) in [4.78, 5) is 18.3. The van der Waals surface area contributed by atoms with Crippen LogP contribution in [-0.4, -0.2) is 29.9 Å². The SMILES string of the molecule is COc1cc(CN(C)C(=O)CCc2cccnc2)ccc1OCc1ccccc1. The molecular formula is C24H26N2O3. The number of nitrogens with zero attached hydrogens (tertiary/aromatic N) is 2. The molecule has 0 aliphatic rings. The number of aryl methyl sites for hydroxylation is 1. The zero-order valence-electron chi connectivity index (χ0n) is 16.9. The van der Waals surface area contributed by atoms with Crippen molar-refractivity contribution in [2.24, 2.45) is 0 Å². The Labute approximate surface area is 171 Å². The molecule has 3 aromatic rings. The number of carbonyl (C=O) groups excluding carboxylic acids is 1. The molecule has 0 unspecified atom stereocenters. The van der Waals surface area contributed by atoms with Crippen molar-refractivity contribution in [3.8, 4) is 11.5 Å². The van der Waals surface area contributed by atoms with E-state index in [0.717, 1.165) is 16.7 Å². The Hall–Kier alpha value is -3.34. The van der Waals surface area contributed by atoms with Crippen LogP contribution in [0.15, 0.2) is 73.1 Å². The summed E-state index contributed by atoms with van der Waals surface area (Å²) in [5.41, 5.74) is 3.15. The van der Waals surface area contributed by atoms with E-state index in [-0.39, 0.29) is 5.91 Å². The lowest BCUT2D eigenvalue weighted by Crippen LogP contribution is -2.26. The lowest BCUT2D eigenvalue weighted by molar-refractivity contribution is -0.130. The molecule has 1 heterocycles. The van der Waals surface area contributed by atoms with Crippen LogP contribution < -0.4 is 9.47 Å². The van der Waals surface area contributed by atoms with Gasteiger partial charge in [0.15, 0.2) is 11.5 Å². The minimum atomic E-state index is 0.0947. The van der Waals surface area contributed by atoms with Gasteiger partial charge in [0.2, 0.25) is 5.91 Å². The first kappa shape index (κ1) is 20.4. The van der Waals surface area contributed by atoms with Crippen LogP contribution in [0.5, 0.6) is 11.5 Å². The zero-order valence-corrected chi connectivity index (χ0v) is 16.9. The molecular weight excluding hydrogens is 364 g/mol. The molecule has 5 heteroatoms. The number of benzene rings is 2. The Kier molecular flexibility index (Phi) is 7.22. The molecule has 0 aliphatic carbocycles. The molecule has 3 rings (SSSR count). The monoisotopic (exact) mass is 390 g/mol. The van der Waals surface area contributed by atoms with Crippen molar-refractivity contribution < 1.29 is 14.3 Å². The number of methoxy groups -OCH3 is 1. The van der Waals surface area contributed by atoms with E-state index in [9.17, 15) is 4.79 Å². The van der Waals surface area contributed by atoms with Gasteiger partial charge in [-0.25, -0.2) is 0 Å². The molecule has 1 aromatic heterocycles. The maximum atomic E-state index is 12.5. The Bertz CT molecular complexity index is 914. The smallest absolute Gasteiger partial charge is 0.222 e. The molecule has 0 aliphatic heterocycles. The predicted octanol–water partition coefficient (Wildman–Crippen LogP) is 4.26. The van der Waals surface area contributed by atoms with Crippen LogP contribution in [0.3, 0.4) is 0 Å². The molecule has 0 radical (unpaired) electrons. The van der Waals surface area contributed by atoms with Gasteiger partial charge in [0.1, 0.15) is 6.61 Å². The quantitative estimate of drug-likeness (QED) is 0.548. The fourth-order valence-electron chi connectivity index (χ4n) is 3.02. The van der Waals surface area contributed by atoms with E-state index in [1.807, 2.05) is 67.7 Å². The minimum absolute atomic E-state index is 0.0947. The molecule has 0 N–H and O–H groups in total. The summed E-state index contributed by atoms with van der Waals surface area (Å²) < 4.78 is 11.4. The predicted molar refractivity (Wildman–Crippen MR) is 113 cm³/mol. The van der Waals surface area contributed by atoms with E-state index in [1.54, 1.807) is 24.4 Å². The van der Waals surface area contributed by atoms with Gasteiger partial charge in [-0.15, -0.1) is 0 Å². The highest BCUT2D eigenvalue weighted by Crippen LogP contribution is 2.29. The third kappa shape index (κ3) is 6.07. The van der Waals surface area contributed by atoms with E-state index < -0.39 is 0 Å². The molecule has 0 bridgehead atoms. The zero-order chi connectivity index (χ0) is 20.5. The topological polar surface area (TPSA) is 51.7 Å². The lowest BCUT2D eigenvalue weighted by atomic mass is 10.1.